The maximum Gasteiger partial charge on any atom is 0.128 e. The fourth-order valence-electron chi connectivity index (χ4n) is 2.38. The highest BCUT2D eigenvalue weighted by atomic mass is 19.1. The molecule has 1 saturated heterocycles. The smallest absolute Gasteiger partial charge is 0.128 e. The van der Waals surface area contributed by atoms with E-state index in [0.717, 1.165) is 38.2 Å². The minimum atomic E-state index is -0.446. The first kappa shape index (κ1) is 13.4. The Labute approximate surface area is 105 Å². The molecular weight excluding hydrogens is 238 g/mol. The van der Waals surface area contributed by atoms with Crippen molar-refractivity contribution < 1.29 is 13.5 Å². The van der Waals surface area contributed by atoms with E-state index in [9.17, 15) is 8.78 Å². The molecule has 1 aliphatic heterocycles. The predicted molar refractivity (Wildman–Crippen MR) is 64.6 cm³/mol. The Morgan fingerprint density at radius 2 is 2.06 bits per heavy atom. The van der Waals surface area contributed by atoms with Crippen LogP contribution in [0.3, 0.4) is 0 Å². The molecule has 1 aliphatic rings. The van der Waals surface area contributed by atoms with Crippen LogP contribution in [0.15, 0.2) is 18.2 Å². The summed E-state index contributed by atoms with van der Waals surface area (Å²) in [6.07, 6.45) is 2.57. The largest absolute Gasteiger partial charge is 0.381 e. The second-order valence-corrected chi connectivity index (χ2v) is 4.68. The average molecular weight is 256 g/mol. The van der Waals surface area contributed by atoms with Gasteiger partial charge >= 0.3 is 0 Å². The van der Waals surface area contributed by atoms with Crippen molar-refractivity contribution in [2.24, 2.45) is 11.8 Å². The lowest BCUT2D eigenvalue weighted by molar-refractivity contribution is 0.0604. The highest BCUT2D eigenvalue weighted by Crippen LogP contribution is 2.28. The van der Waals surface area contributed by atoms with Gasteiger partial charge in [0.25, 0.3) is 0 Å². The number of halogens is 2. The summed E-state index contributed by atoms with van der Waals surface area (Å²) in [5.41, 5.74) is 2.88. The molecular formula is C13H18F2N2O. The zero-order chi connectivity index (χ0) is 13.0. The van der Waals surface area contributed by atoms with Crippen molar-refractivity contribution in [3.05, 3.63) is 35.4 Å². The molecule has 3 N–H and O–H groups in total. The molecule has 3 nitrogen and oxygen atoms in total. The first-order valence-corrected chi connectivity index (χ1v) is 6.19. The van der Waals surface area contributed by atoms with Crippen LogP contribution in [0, 0.1) is 17.6 Å². The topological polar surface area (TPSA) is 47.3 Å². The van der Waals surface area contributed by atoms with E-state index < -0.39 is 11.6 Å². The number of rotatable bonds is 4. The Morgan fingerprint density at radius 1 is 1.33 bits per heavy atom. The molecule has 0 radical (unpaired) electrons. The fraction of sp³-hybridized carbons (Fsp3) is 0.538. The molecule has 18 heavy (non-hydrogen) atoms. The van der Waals surface area contributed by atoms with Gasteiger partial charge in [-0.05, 0) is 43.4 Å². The van der Waals surface area contributed by atoms with Crippen LogP contribution in [0.5, 0.6) is 0 Å². The van der Waals surface area contributed by atoms with E-state index in [1.807, 2.05) is 0 Å². The second kappa shape index (κ2) is 6.22. The van der Waals surface area contributed by atoms with Crippen molar-refractivity contribution in [1.82, 2.24) is 5.43 Å². The monoisotopic (exact) mass is 256 g/mol. The Balaban J connectivity index is 2.09. The van der Waals surface area contributed by atoms with Gasteiger partial charge in [0.1, 0.15) is 11.6 Å². The average Bonchev–Trinajstić information content (AvgIpc) is 2.40. The molecule has 0 aliphatic carbocycles. The van der Waals surface area contributed by atoms with Crippen molar-refractivity contribution >= 4 is 0 Å². The highest BCUT2D eigenvalue weighted by Gasteiger charge is 2.22. The number of benzene rings is 1. The van der Waals surface area contributed by atoms with Gasteiger partial charge in [0.15, 0.2) is 0 Å². The van der Waals surface area contributed by atoms with E-state index in [2.05, 4.69) is 5.43 Å². The molecule has 2 rings (SSSR count). The van der Waals surface area contributed by atoms with Gasteiger partial charge < -0.3 is 4.74 Å². The molecule has 0 saturated carbocycles. The zero-order valence-corrected chi connectivity index (χ0v) is 10.2. The van der Waals surface area contributed by atoms with Gasteiger partial charge in [0.2, 0.25) is 0 Å². The Bertz CT molecular complexity index is 395. The fourth-order valence-corrected chi connectivity index (χ4v) is 2.38. The highest BCUT2D eigenvalue weighted by molar-refractivity contribution is 5.22. The van der Waals surface area contributed by atoms with E-state index >= 15 is 0 Å². The van der Waals surface area contributed by atoms with Crippen LogP contribution < -0.4 is 11.3 Å². The number of ether oxygens (including phenoxy) is 1. The van der Waals surface area contributed by atoms with Crippen LogP contribution in [-0.2, 0) is 4.74 Å². The predicted octanol–water partition coefficient (Wildman–Crippen LogP) is 2.29. The van der Waals surface area contributed by atoms with E-state index in [-0.39, 0.29) is 6.04 Å². The number of hydrogen-bond acceptors (Lipinski definition) is 3. The third kappa shape index (κ3) is 3.25. The first-order chi connectivity index (χ1) is 8.70. The summed E-state index contributed by atoms with van der Waals surface area (Å²) < 4.78 is 32.1. The Morgan fingerprint density at radius 3 is 2.72 bits per heavy atom. The standard InChI is InChI=1S/C13H18F2N2O/c14-10-1-2-12(15)11(8-10)13(17-16)7-9-3-5-18-6-4-9/h1-2,8-9,13,17H,3-7,16H2. The molecule has 100 valence electrons. The summed E-state index contributed by atoms with van der Waals surface area (Å²) in [5, 5.41) is 0. The summed E-state index contributed by atoms with van der Waals surface area (Å²) in [7, 11) is 0. The normalized spacial score (nSPS) is 18.8. The SMILES string of the molecule is NNC(CC1CCOCC1)c1cc(F)ccc1F. The molecule has 1 aromatic rings. The molecule has 1 unspecified atom stereocenters. The minimum absolute atomic E-state index is 0.295. The van der Waals surface area contributed by atoms with E-state index in [1.54, 1.807) is 0 Å². The maximum absolute atomic E-state index is 13.7. The molecule has 0 aromatic heterocycles. The van der Waals surface area contributed by atoms with Crippen LogP contribution in [0.2, 0.25) is 0 Å². The van der Waals surface area contributed by atoms with Crippen LogP contribution in [0.1, 0.15) is 30.9 Å². The quantitative estimate of drug-likeness (QED) is 0.642. The van der Waals surface area contributed by atoms with Gasteiger partial charge in [-0.25, -0.2) is 8.78 Å². The molecule has 1 aromatic carbocycles. The molecule has 5 heteroatoms. The minimum Gasteiger partial charge on any atom is -0.381 e. The Hall–Kier alpha value is -1.04. The van der Waals surface area contributed by atoms with Crippen LogP contribution in [0.4, 0.5) is 8.78 Å². The number of hydrazine groups is 1. The molecule has 0 amide bonds. The van der Waals surface area contributed by atoms with Crippen molar-refractivity contribution in [2.45, 2.75) is 25.3 Å². The lowest BCUT2D eigenvalue weighted by Crippen LogP contribution is -2.31. The van der Waals surface area contributed by atoms with Crippen molar-refractivity contribution in [3.8, 4) is 0 Å². The van der Waals surface area contributed by atoms with E-state index in [4.69, 9.17) is 10.6 Å². The van der Waals surface area contributed by atoms with Crippen LogP contribution in [-0.4, -0.2) is 13.2 Å². The first-order valence-electron chi connectivity index (χ1n) is 6.19. The van der Waals surface area contributed by atoms with E-state index in [1.165, 1.54) is 6.07 Å². The molecule has 1 atom stereocenters. The second-order valence-electron chi connectivity index (χ2n) is 4.68. The number of nitrogens with one attached hydrogen (secondary N) is 1. The van der Waals surface area contributed by atoms with Crippen molar-refractivity contribution in [2.75, 3.05) is 13.2 Å². The van der Waals surface area contributed by atoms with Crippen LogP contribution >= 0.6 is 0 Å². The summed E-state index contributed by atoms with van der Waals surface area (Å²) in [6.45, 7) is 1.46. The Kier molecular flexibility index (Phi) is 4.63. The lowest BCUT2D eigenvalue weighted by Gasteiger charge is -2.26. The van der Waals surface area contributed by atoms with Gasteiger partial charge in [0, 0.05) is 24.8 Å². The molecule has 0 spiro atoms. The zero-order valence-electron chi connectivity index (χ0n) is 10.2. The lowest BCUT2D eigenvalue weighted by atomic mass is 9.89. The molecule has 1 heterocycles. The van der Waals surface area contributed by atoms with Gasteiger partial charge in [-0.2, -0.15) is 0 Å². The van der Waals surface area contributed by atoms with Gasteiger partial charge in [-0.15, -0.1) is 0 Å². The van der Waals surface area contributed by atoms with Crippen LogP contribution in [0.25, 0.3) is 0 Å². The van der Waals surface area contributed by atoms with Gasteiger partial charge in [-0.3, -0.25) is 11.3 Å². The maximum atomic E-state index is 13.7. The van der Waals surface area contributed by atoms with E-state index in [0.29, 0.717) is 17.9 Å². The number of hydrogen-bond donors (Lipinski definition) is 2. The summed E-state index contributed by atoms with van der Waals surface area (Å²) in [5.74, 6) is 5.03. The summed E-state index contributed by atoms with van der Waals surface area (Å²) >= 11 is 0. The summed E-state index contributed by atoms with van der Waals surface area (Å²) in [4.78, 5) is 0. The molecule has 1 fully saturated rings. The van der Waals surface area contributed by atoms with Gasteiger partial charge in [-0.1, -0.05) is 0 Å². The summed E-state index contributed by atoms with van der Waals surface area (Å²) in [6, 6.07) is 3.10. The molecule has 0 bridgehead atoms. The number of nitrogens with two attached hydrogens (primary N) is 1. The van der Waals surface area contributed by atoms with Gasteiger partial charge in [0.05, 0.1) is 0 Å². The third-order valence-electron chi connectivity index (χ3n) is 3.44. The van der Waals surface area contributed by atoms with Crippen molar-refractivity contribution in [3.63, 3.8) is 0 Å². The third-order valence-corrected chi connectivity index (χ3v) is 3.44. The van der Waals surface area contributed by atoms with Crippen molar-refractivity contribution in [1.29, 1.82) is 0 Å².